The predicted molar refractivity (Wildman–Crippen MR) is 742 cm³/mol. The SMILES string of the molecule is CCN(C)[SiH2]N([SiH](C)N(CC)CC)[SiH](C)N(CC)CC.CCN(CC)[SiH2]N([Si](C)(C)N(C)C)[Si](C)(C)N(C)C.CCN(CC)[SiH](C)N([SiH2]N(C)C)[Si](C)(C)N(CC)CC.CCN(CC)[SiH](C)N([SiH](C)N(CC)CC)[Si](C)(C)N.CCN(CC)[Si](C)(C)N([Si](C)(C)N(C)C)[Si](C)(C)N(C)C.CN(C)[SiH2]N([SiH](C)N(C)C)[SiH](C)N(C)C.CN(C)[SiH2]N([SiH](C)N(C)C)[Si](C)(C)N(C)C.CN(C)[SiH](C)N([SiH](C)N(C)C)[Si](C)(C)N(C)C. The van der Waals surface area contributed by atoms with Crippen LogP contribution < -0.4 is 5.40 Å². The Balaban J connectivity index is -0.000000251. The van der Waals surface area contributed by atoms with Crippen LogP contribution in [0, 0.1) is 0 Å². The van der Waals surface area contributed by atoms with Crippen molar-refractivity contribution >= 4 is 216 Å². The van der Waals surface area contributed by atoms with Crippen molar-refractivity contribution in [2.24, 2.45) is 5.40 Å². The fourth-order valence-electron chi connectivity index (χ4n) is 19.8. The molecule has 0 aliphatic rings. The first-order valence-corrected chi connectivity index (χ1v) is 112. The molecule has 10 atom stereocenters. The lowest BCUT2D eigenvalue weighted by molar-refractivity contribution is 0.418. The minimum atomic E-state index is -1.73. The van der Waals surface area contributed by atoms with Crippen molar-refractivity contribution in [3.63, 3.8) is 0 Å². The summed E-state index contributed by atoms with van der Waals surface area (Å²) >= 11 is 0. The Morgan fingerprint density at radius 3 is 0.639 bits per heavy atom. The minimum absolute atomic E-state index is 0.214. The number of hydrogen-bond donors (Lipinski definition) is 1. The minimum Gasteiger partial charge on any atom is -0.342 e. The lowest BCUT2D eigenvalue weighted by atomic mass is 10.7. The van der Waals surface area contributed by atoms with Gasteiger partial charge in [-0.15, -0.1) is 0 Å². The van der Waals surface area contributed by atoms with Crippen LogP contribution in [0.15, 0.2) is 0 Å². The topological polar surface area (TPSA) is 126 Å². The van der Waals surface area contributed by atoms with Crippen LogP contribution in [-0.4, -0.2) is 668 Å². The van der Waals surface area contributed by atoms with Crippen molar-refractivity contribution in [2.75, 3.05) is 316 Å². The van der Waals surface area contributed by atoms with E-state index < -0.39 is 167 Å². The van der Waals surface area contributed by atoms with Gasteiger partial charge in [-0.2, -0.15) is 0 Å². The standard InChI is InChI=1S/C14H40N4Si3.2C13H38N4Si3.2C12H36N4Si3.C10H32N4Si3.C9H30N4Si3.C8H28N4Si3/c1-13-17(14-2)21(11,12)18(19(7,8)15(3)4)20(9,10)16(5)6;1-10-15(11-2)19(7)17(18-14(5)6)20(8,9)16(12-3)13-4;1-9-14(6)18-17(19(7)15(10-2)11-3)20(8)16(12-4)13-5;1-11-15(12-2)17-16(18(7,8)13(3)4)19(9,10)14(5)6;1-9-14(10-2)17(5)16(19(7,8)13)18(6)15(11-3)12-4;1-11(2)15(7)14(16(8)12(3)4)17(9,10)13(5)6;1-10(2)14-13(15(7)11(3)4)16(8,9)12(5)6;1-9(2)13-12(14(7)10(3)4)15(8)11(5)6/h13-14H2,1-12H3;19H,10-13,18H2,1-9H3;19-20H,9-13,18H2,1-8H3;11-12,17H2,1-10H3;17-18H,9-13H2,1-8H3;15-16H,1-10H3;15H,14H2,1-9H3;14-15H,13H2,1-8H3. The summed E-state index contributed by atoms with van der Waals surface area (Å²) in [5.41, 5.74) is 0. The molecule has 2 N–H and O–H groups in total. The van der Waals surface area contributed by atoms with Gasteiger partial charge >= 0.3 is 0 Å². The normalized spacial score (nSPS) is 16.0. The van der Waals surface area contributed by atoms with E-state index in [1.807, 2.05) is 0 Å². The second-order valence-corrected chi connectivity index (χ2v) is 139. The third-order valence-corrected chi connectivity index (χ3v) is 158. The summed E-state index contributed by atoms with van der Waals surface area (Å²) in [5.74, 6) is 0. The van der Waals surface area contributed by atoms with Crippen molar-refractivity contribution in [3.05, 3.63) is 0 Å². The van der Waals surface area contributed by atoms with Crippen LogP contribution in [0.3, 0.4) is 0 Å². The van der Waals surface area contributed by atoms with Gasteiger partial charge in [0.2, 0.25) is 0 Å². The van der Waals surface area contributed by atoms with Gasteiger partial charge in [0.1, 0.15) is 0 Å². The molecule has 0 saturated heterocycles. The zero-order chi connectivity index (χ0) is 119. The van der Waals surface area contributed by atoms with Crippen molar-refractivity contribution in [3.8, 4) is 0 Å². The highest BCUT2D eigenvalue weighted by molar-refractivity contribution is 7.02. The highest BCUT2D eigenvalue weighted by Crippen LogP contribution is 2.33. The fraction of sp³-hybridized carbons (Fsp3) is 1.00. The number of rotatable bonds is 64. The molecule has 0 heterocycles. The first-order chi connectivity index (χ1) is 66.6. The molecule has 0 bridgehead atoms. The van der Waals surface area contributed by atoms with Crippen LogP contribution in [-0.2, 0) is 0 Å². The first kappa shape index (κ1) is 166. The maximum absolute atomic E-state index is 6.66. The maximum atomic E-state index is 6.66. The van der Waals surface area contributed by atoms with Crippen molar-refractivity contribution < 1.29 is 0 Å². The summed E-state index contributed by atoms with van der Waals surface area (Å²) in [4.78, 5) is 0. The highest BCUT2D eigenvalue weighted by atomic mass is 28.5. The summed E-state index contributed by atoms with van der Waals surface area (Å²) in [7, 11) is 40.1. The Hall–Kier alpha value is 3.93. The first-order valence-electron chi connectivity index (χ1n) is 57.6. The largest absolute Gasteiger partial charge is 0.342 e. The molecule has 10 unspecified atom stereocenters. The lowest BCUT2D eigenvalue weighted by Gasteiger charge is -2.60. The van der Waals surface area contributed by atoms with E-state index in [2.05, 4.69) is 642 Å². The third kappa shape index (κ3) is 57.0. The summed E-state index contributed by atoms with van der Waals surface area (Å²) < 4.78 is 82.5. The van der Waals surface area contributed by atoms with E-state index in [-0.39, 0.29) is 49.2 Å². The van der Waals surface area contributed by atoms with Crippen LogP contribution in [0.1, 0.15) is 118 Å². The zero-order valence-electron chi connectivity index (χ0n) is 114. The Morgan fingerprint density at radius 1 is 0.197 bits per heavy atom. The average molecular weight is 2500 g/mol. The molecule has 0 aromatic rings. The molecule has 56 heteroatoms. The van der Waals surface area contributed by atoms with Crippen molar-refractivity contribution in [1.29, 1.82) is 0 Å². The predicted octanol–water partition coefficient (Wildman–Crippen LogP) is 5.63. The van der Waals surface area contributed by atoms with E-state index in [9.17, 15) is 0 Å². The molecule has 898 valence electrons. The zero-order valence-corrected chi connectivity index (χ0v) is 142. The van der Waals surface area contributed by atoms with E-state index in [0.29, 0.717) is 0 Å². The second-order valence-electron chi connectivity index (χ2n) is 48.5. The van der Waals surface area contributed by atoms with Gasteiger partial charge in [0.05, 0.1) is 0 Å². The van der Waals surface area contributed by atoms with Gasteiger partial charge in [-0.05, 0) is 499 Å². The summed E-state index contributed by atoms with van der Waals surface area (Å²) in [6, 6.07) is 0. The molecular formula is C91H278N32Si24. The molecule has 0 spiro atoms. The molecule has 0 amide bonds. The van der Waals surface area contributed by atoms with Crippen molar-refractivity contribution in [2.45, 2.75) is 301 Å². The lowest BCUT2D eigenvalue weighted by Crippen LogP contribution is -2.82. The maximum Gasteiger partial charge on any atom is 0.189 e. The molecule has 0 aromatic heterocycles. The molecule has 0 aliphatic carbocycles. The van der Waals surface area contributed by atoms with Gasteiger partial charge in [0.25, 0.3) is 0 Å². The summed E-state index contributed by atoms with van der Waals surface area (Å²) in [6.07, 6.45) is 0. The number of hydrogen-bond acceptors (Lipinski definition) is 32. The van der Waals surface area contributed by atoms with Crippen LogP contribution in [0.2, 0.25) is 183 Å². The third-order valence-electron chi connectivity index (χ3n) is 33.7. The monoisotopic (exact) mass is 2490 g/mol. The molecule has 0 saturated carbocycles. The van der Waals surface area contributed by atoms with Crippen LogP contribution in [0.25, 0.3) is 0 Å². The molecule has 32 nitrogen and oxygen atoms in total. The van der Waals surface area contributed by atoms with E-state index in [4.69, 9.17) is 5.40 Å². The van der Waals surface area contributed by atoms with E-state index in [0.717, 1.165) is 39.3 Å². The Morgan fingerprint density at radius 2 is 0.429 bits per heavy atom. The van der Waals surface area contributed by atoms with E-state index in [1.165, 1.54) is 72.0 Å². The molecule has 0 fully saturated rings. The molecular weight excluding hydrogens is 2220 g/mol. The van der Waals surface area contributed by atoms with Gasteiger partial charge in [-0.25, -0.2) is 0 Å². The van der Waals surface area contributed by atoms with Crippen molar-refractivity contribution in [1.82, 2.24) is 136 Å². The highest BCUT2D eigenvalue weighted by Gasteiger charge is 2.55. The van der Waals surface area contributed by atoms with Crippen LogP contribution >= 0.6 is 0 Å². The fourth-order valence-corrected chi connectivity index (χ4v) is 137. The summed E-state index contributed by atoms with van der Waals surface area (Å²) in [5, 5.41) is 6.66. The van der Waals surface area contributed by atoms with E-state index in [1.54, 1.807) is 0 Å². The van der Waals surface area contributed by atoms with Crippen LogP contribution in [0.4, 0.5) is 0 Å². The Labute approximate surface area is 965 Å². The quantitative estimate of drug-likeness (QED) is 0.0756. The van der Waals surface area contributed by atoms with Crippen LogP contribution in [0.5, 0.6) is 0 Å². The Kier molecular flexibility index (Phi) is 91.2. The number of nitrogens with zero attached hydrogens (tertiary/aromatic N) is 31. The molecule has 0 radical (unpaired) electrons. The number of nitrogens with two attached hydrogens (primary N) is 1. The second kappa shape index (κ2) is 80.7. The van der Waals surface area contributed by atoms with E-state index >= 15 is 0 Å². The van der Waals surface area contributed by atoms with Gasteiger partial charge in [0.15, 0.2) is 216 Å². The molecule has 147 heavy (non-hydrogen) atoms. The molecule has 0 aromatic carbocycles. The summed E-state index contributed by atoms with van der Waals surface area (Å²) in [6.45, 7) is 129. The van der Waals surface area contributed by atoms with Gasteiger partial charge in [-0.1, -0.05) is 118 Å². The Bertz CT molecular complexity index is 3030. The smallest absolute Gasteiger partial charge is 0.189 e. The molecule has 0 rings (SSSR count). The molecule has 0 aliphatic heterocycles. The van der Waals surface area contributed by atoms with Gasteiger partial charge in [-0.3, -0.25) is 0 Å². The van der Waals surface area contributed by atoms with Gasteiger partial charge < -0.3 is 142 Å². The average Bonchev–Trinajstić information content (AvgIpc) is 0.738. The van der Waals surface area contributed by atoms with Gasteiger partial charge in [0, 0.05) is 0 Å².